The van der Waals surface area contributed by atoms with Crippen LogP contribution in [0.3, 0.4) is 0 Å². The lowest BCUT2D eigenvalue weighted by Gasteiger charge is -1.94. The van der Waals surface area contributed by atoms with Crippen LogP contribution in [-0.2, 0) is 6.54 Å². The van der Waals surface area contributed by atoms with E-state index in [0.717, 1.165) is 0 Å². The summed E-state index contributed by atoms with van der Waals surface area (Å²) in [7, 11) is 0. The SMILES string of the molecule is N=C(NO)c1nnc(CNC(=O)O)o1. The highest BCUT2D eigenvalue weighted by Crippen LogP contribution is 1.98. The highest BCUT2D eigenvalue weighted by Gasteiger charge is 2.10. The van der Waals surface area contributed by atoms with E-state index in [9.17, 15) is 4.79 Å². The minimum atomic E-state index is -1.22. The maximum absolute atomic E-state index is 10.1. The summed E-state index contributed by atoms with van der Waals surface area (Å²) >= 11 is 0. The number of hydrogen-bond donors (Lipinski definition) is 5. The Labute approximate surface area is 77.2 Å². The number of rotatable bonds is 3. The molecule has 1 rings (SSSR count). The van der Waals surface area contributed by atoms with Gasteiger partial charge >= 0.3 is 6.09 Å². The Kier molecular flexibility index (Phi) is 2.97. The van der Waals surface area contributed by atoms with Crippen molar-refractivity contribution in [2.75, 3.05) is 0 Å². The van der Waals surface area contributed by atoms with E-state index < -0.39 is 11.9 Å². The summed E-state index contributed by atoms with van der Waals surface area (Å²) in [6.45, 7) is -0.152. The van der Waals surface area contributed by atoms with Crippen molar-refractivity contribution in [1.29, 1.82) is 5.41 Å². The maximum atomic E-state index is 10.1. The second-order valence-corrected chi connectivity index (χ2v) is 2.15. The number of hydrogen-bond acceptors (Lipinski definition) is 6. The fraction of sp³-hybridized carbons (Fsp3) is 0.200. The zero-order valence-electron chi connectivity index (χ0n) is 6.81. The number of carboxylic acid groups (broad SMARTS) is 1. The largest absolute Gasteiger partial charge is 0.465 e. The van der Waals surface area contributed by atoms with E-state index >= 15 is 0 Å². The minimum Gasteiger partial charge on any atom is -0.465 e. The van der Waals surface area contributed by atoms with Gasteiger partial charge in [-0.1, -0.05) is 0 Å². The van der Waals surface area contributed by atoms with E-state index in [2.05, 4.69) is 10.2 Å². The van der Waals surface area contributed by atoms with Crippen LogP contribution in [0.1, 0.15) is 11.8 Å². The Morgan fingerprint density at radius 1 is 1.57 bits per heavy atom. The van der Waals surface area contributed by atoms with Crippen molar-refractivity contribution in [3.8, 4) is 0 Å². The van der Waals surface area contributed by atoms with Gasteiger partial charge in [0.1, 0.15) is 0 Å². The molecule has 0 aliphatic heterocycles. The molecule has 9 heteroatoms. The summed E-state index contributed by atoms with van der Waals surface area (Å²) in [6.07, 6.45) is -1.22. The lowest BCUT2D eigenvalue weighted by Crippen LogP contribution is -2.20. The molecule has 1 heterocycles. The Morgan fingerprint density at radius 2 is 2.29 bits per heavy atom. The van der Waals surface area contributed by atoms with Gasteiger partial charge in [-0.25, -0.2) is 10.3 Å². The normalized spacial score (nSPS) is 9.50. The first-order valence-electron chi connectivity index (χ1n) is 3.41. The van der Waals surface area contributed by atoms with Crippen LogP contribution in [0.25, 0.3) is 0 Å². The predicted molar refractivity (Wildman–Crippen MR) is 40.9 cm³/mol. The van der Waals surface area contributed by atoms with Crippen LogP contribution in [-0.4, -0.2) is 32.4 Å². The van der Waals surface area contributed by atoms with E-state index in [1.165, 1.54) is 5.48 Å². The van der Waals surface area contributed by atoms with Gasteiger partial charge in [-0.3, -0.25) is 10.6 Å². The summed E-state index contributed by atoms with van der Waals surface area (Å²) in [6, 6.07) is 0. The average molecular weight is 201 g/mol. The molecule has 0 saturated carbocycles. The highest BCUT2D eigenvalue weighted by molar-refractivity contribution is 5.90. The van der Waals surface area contributed by atoms with Crippen LogP contribution in [0.2, 0.25) is 0 Å². The molecular weight excluding hydrogens is 194 g/mol. The number of hydroxylamine groups is 1. The van der Waals surface area contributed by atoms with Crippen molar-refractivity contribution in [1.82, 2.24) is 21.0 Å². The van der Waals surface area contributed by atoms with Gasteiger partial charge in [0.15, 0.2) is 0 Å². The van der Waals surface area contributed by atoms with Gasteiger partial charge in [-0.15, -0.1) is 10.2 Å². The molecule has 0 aliphatic carbocycles. The standard InChI is InChI=1S/C5H7N5O4/c6-3(10-13)4-9-8-2(14-4)1-7-5(11)12/h7,13H,1H2,(H2,6,10)(H,11,12). The van der Waals surface area contributed by atoms with E-state index in [1.807, 2.05) is 5.32 Å². The molecule has 1 amide bonds. The number of aromatic nitrogens is 2. The Balaban J connectivity index is 2.59. The zero-order chi connectivity index (χ0) is 10.6. The number of nitrogens with one attached hydrogen (secondary N) is 3. The number of amides is 1. The molecule has 0 bridgehead atoms. The summed E-state index contributed by atoms with van der Waals surface area (Å²) in [4.78, 5) is 10.1. The first kappa shape index (κ1) is 9.92. The fourth-order valence-corrected chi connectivity index (χ4v) is 0.625. The molecule has 14 heavy (non-hydrogen) atoms. The Bertz CT molecular complexity index is 348. The second-order valence-electron chi connectivity index (χ2n) is 2.15. The number of carbonyl (C=O) groups is 1. The summed E-state index contributed by atoms with van der Waals surface area (Å²) in [5.74, 6) is -0.684. The topological polar surface area (TPSA) is 144 Å². The van der Waals surface area contributed by atoms with Gasteiger partial charge in [-0.05, 0) is 0 Å². The van der Waals surface area contributed by atoms with Gasteiger partial charge in [0.05, 0.1) is 6.54 Å². The molecule has 0 radical (unpaired) electrons. The lowest BCUT2D eigenvalue weighted by molar-refractivity contribution is 0.192. The van der Waals surface area contributed by atoms with Crippen molar-refractivity contribution in [3.63, 3.8) is 0 Å². The second kappa shape index (κ2) is 4.18. The van der Waals surface area contributed by atoms with E-state index in [1.54, 1.807) is 0 Å². The highest BCUT2D eigenvalue weighted by atomic mass is 16.5. The lowest BCUT2D eigenvalue weighted by atomic mass is 10.6. The van der Waals surface area contributed by atoms with E-state index in [-0.39, 0.29) is 18.3 Å². The molecule has 1 aromatic heterocycles. The molecule has 1 aromatic rings. The van der Waals surface area contributed by atoms with Crippen LogP contribution in [0.4, 0.5) is 4.79 Å². The molecule has 0 spiro atoms. The molecule has 9 nitrogen and oxygen atoms in total. The van der Waals surface area contributed by atoms with Crippen molar-refractivity contribution in [2.24, 2.45) is 0 Å². The minimum absolute atomic E-state index is 0.00222. The zero-order valence-corrected chi connectivity index (χ0v) is 6.81. The fourth-order valence-electron chi connectivity index (χ4n) is 0.625. The van der Waals surface area contributed by atoms with Crippen LogP contribution in [0, 0.1) is 5.41 Å². The first-order chi connectivity index (χ1) is 6.63. The van der Waals surface area contributed by atoms with Crippen molar-refractivity contribution >= 4 is 11.9 Å². The predicted octanol–water partition coefficient (Wildman–Crippen LogP) is -0.859. The Hall–Kier alpha value is -2.16. The van der Waals surface area contributed by atoms with Crippen LogP contribution >= 0.6 is 0 Å². The van der Waals surface area contributed by atoms with Gasteiger partial charge < -0.3 is 14.8 Å². The van der Waals surface area contributed by atoms with Crippen LogP contribution < -0.4 is 10.8 Å². The summed E-state index contributed by atoms with van der Waals surface area (Å²) in [5.41, 5.74) is 1.51. The molecule has 0 aromatic carbocycles. The maximum Gasteiger partial charge on any atom is 0.405 e. The molecule has 0 fully saturated rings. The van der Waals surface area contributed by atoms with Gasteiger partial charge in [0.2, 0.25) is 11.7 Å². The summed E-state index contributed by atoms with van der Waals surface area (Å²) < 4.78 is 4.79. The third-order valence-electron chi connectivity index (χ3n) is 1.18. The summed E-state index contributed by atoms with van der Waals surface area (Å²) in [5, 5.41) is 32.3. The van der Waals surface area contributed by atoms with Crippen LogP contribution in [0.5, 0.6) is 0 Å². The van der Waals surface area contributed by atoms with Gasteiger partial charge in [-0.2, -0.15) is 0 Å². The van der Waals surface area contributed by atoms with E-state index in [4.69, 9.17) is 20.1 Å². The average Bonchev–Trinajstić information content (AvgIpc) is 2.62. The van der Waals surface area contributed by atoms with Crippen molar-refractivity contribution in [2.45, 2.75) is 6.54 Å². The van der Waals surface area contributed by atoms with Gasteiger partial charge in [0, 0.05) is 0 Å². The van der Waals surface area contributed by atoms with Crippen LogP contribution in [0.15, 0.2) is 4.42 Å². The third kappa shape index (κ3) is 2.42. The smallest absolute Gasteiger partial charge is 0.405 e. The van der Waals surface area contributed by atoms with E-state index in [0.29, 0.717) is 0 Å². The third-order valence-corrected chi connectivity index (χ3v) is 1.18. The molecule has 0 saturated heterocycles. The first-order valence-corrected chi connectivity index (χ1v) is 3.41. The molecule has 0 atom stereocenters. The number of amidine groups is 1. The molecular formula is C5H7N5O4. The monoisotopic (exact) mass is 201 g/mol. The quantitative estimate of drug-likeness (QED) is 0.243. The van der Waals surface area contributed by atoms with Gasteiger partial charge in [0.25, 0.3) is 5.89 Å². The van der Waals surface area contributed by atoms with Crippen molar-refractivity contribution in [3.05, 3.63) is 11.8 Å². The molecule has 5 N–H and O–H groups in total. The van der Waals surface area contributed by atoms with Crippen molar-refractivity contribution < 1.29 is 19.5 Å². The molecule has 0 unspecified atom stereocenters. The molecule has 0 aliphatic rings. The number of nitrogens with zero attached hydrogens (tertiary/aromatic N) is 2. The molecule has 76 valence electrons. The Morgan fingerprint density at radius 3 is 2.86 bits per heavy atom.